The number of carbonyl (C=O) groups is 1. The summed E-state index contributed by atoms with van der Waals surface area (Å²) in [6, 6.07) is 12.7. The molecular weight excluding hydrogens is 399 g/mol. The summed E-state index contributed by atoms with van der Waals surface area (Å²) in [5, 5.41) is 19.7. The van der Waals surface area contributed by atoms with E-state index >= 15 is 0 Å². The Hall–Kier alpha value is -4.20. The van der Waals surface area contributed by atoms with Gasteiger partial charge >= 0.3 is 6.18 Å². The number of carbonyl (C=O) groups excluding carboxylic acids is 1. The minimum Gasteiger partial charge on any atom is -0.304 e. The summed E-state index contributed by atoms with van der Waals surface area (Å²) in [5.41, 5.74) is -0.651. The monoisotopic (exact) mass is 411 g/mol. The highest BCUT2D eigenvalue weighted by atomic mass is 19.4. The van der Waals surface area contributed by atoms with Gasteiger partial charge in [-0.15, -0.1) is 0 Å². The lowest BCUT2D eigenvalue weighted by Crippen LogP contribution is -2.17. The molecule has 0 spiro atoms. The lowest BCUT2D eigenvalue weighted by Gasteiger charge is -2.09. The van der Waals surface area contributed by atoms with Crippen molar-refractivity contribution in [2.75, 3.05) is 5.32 Å². The molecule has 150 valence electrons. The second-order valence-corrected chi connectivity index (χ2v) is 6.30. The Kier molecular flexibility index (Phi) is 4.46. The molecule has 1 amide bonds. The van der Waals surface area contributed by atoms with E-state index in [9.17, 15) is 23.2 Å². The third-order valence-electron chi connectivity index (χ3n) is 4.20. The van der Waals surface area contributed by atoms with Crippen LogP contribution in [0.25, 0.3) is 11.3 Å². The van der Waals surface area contributed by atoms with Gasteiger partial charge in [0.1, 0.15) is 17.3 Å². The number of hydrogen-bond acceptors (Lipinski definition) is 5. The zero-order valence-corrected chi connectivity index (χ0v) is 15.3. The molecule has 8 nitrogen and oxygen atoms in total. The number of halogens is 3. The second kappa shape index (κ2) is 7.00. The Bertz CT molecular complexity index is 1300. The van der Waals surface area contributed by atoms with Crippen molar-refractivity contribution in [3.8, 4) is 11.8 Å². The maximum absolute atomic E-state index is 13.3. The predicted molar refractivity (Wildman–Crippen MR) is 99.0 cm³/mol. The number of fused-ring (bicyclic) bond motifs is 1. The zero-order valence-electron chi connectivity index (χ0n) is 15.3. The molecular formula is C19H12F3N7O. The van der Waals surface area contributed by atoms with Crippen molar-refractivity contribution in [1.29, 1.82) is 5.26 Å². The third kappa shape index (κ3) is 3.35. The molecule has 0 aliphatic heterocycles. The first-order chi connectivity index (χ1) is 14.3. The standard InChI is InChI=1S/C19H12F3N7O/c1-11-7-15(19(20,21)22)29-16(25-11)8-14(27-29)18(30)26-17-12(9-23)10-24-28(17)13-5-3-2-4-6-13/h2-8,10H,1H3,(H,26,30). The number of anilines is 1. The summed E-state index contributed by atoms with van der Waals surface area (Å²) in [6.45, 7) is 1.42. The number of hydrogen-bond donors (Lipinski definition) is 1. The predicted octanol–water partition coefficient (Wildman–Crippen LogP) is 3.37. The van der Waals surface area contributed by atoms with E-state index in [1.807, 2.05) is 6.07 Å². The van der Waals surface area contributed by atoms with Crippen LogP contribution in [0.4, 0.5) is 19.0 Å². The molecule has 1 N–H and O–H groups in total. The van der Waals surface area contributed by atoms with E-state index in [-0.39, 0.29) is 28.4 Å². The van der Waals surface area contributed by atoms with E-state index in [0.717, 1.165) is 12.1 Å². The molecule has 4 rings (SSSR count). The number of rotatable bonds is 3. The van der Waals surface area contributed by atoms with E-state index in [1.54, 1.807) is 30.3 Å². The van der Waals surface area contributed by atoms with Gasteiger partial charge in [-0.1, -0.05) is 18.2 Å². The zero-order chi connectivity index (χ0) is 21.5. The van der Waals surface area contributed by atoms with Crippen LogP contribution in [0, 0.1) is 18.3 Å². The summed E-state index contributed by atoms with van der Waals surface area (Å²) in [4.78, 5) is 16.7. The normalized spacial score (nSPS) is 11.4. The molecule has 0 atom stereocenters. The van der Waals surface area contributed by atoms with Crippen molar-refractivity contribution < 1.29 is 18.0 Å². The van der Waals surface area contributed by atoms with E-state index in [0.29, 0.717) is 10.2 Å². The maximum atomic E-state index is 13.3. The SMILES string of the molecule is Cc1cc(C(F)(F)F)n2nc(C(=O)Nc3c(C#N)cnn3-c3ccccc3)cc2n1. The van der Waals surface area contributed by atoms with E-state index in [2.05, 4.69) is 20.5 Å². The van der Waals surface area contributed by atoms with Gasteiger partial charge in [0.05, 0.1) is 11.9 Å². The first-order valence-electron chi connectivity index (χ1n) is 8.57. The largest absolute Gasteiger partial charge is 0.433 e. The lowest BCUT2D eigenvalue weighted by molar-refractivity contribution is -0.142. The highest BCUT2D eigenvalue weighted by Gasteiger charge is 2.35. The van der Waals surface area contributed by atoms with Gasteiger partial charge in [-0.25, -0.2) is 14.2 Å². The Morgan fingerprint density at radius 2 is 1.93 bits per heavy atom. The van der Waals surface area contributed by atoms with Gasteiger partial charge in [0.2, 0.25) is 0 Å². The van der Waals surface area contributed by atoms with Crippen molar-refractivity contribution in [1.82, 2.24) is 24.4 Å². The maximum Gasteiger partial charge on any atom is 0.433 e. The van der Waals surface area contributed by atoms with Crippen molar-refractivity contribution >= 4 is 17.4 Å². The van der Waals surface area contributed by atoms with Crippen molar-refractivity contribution in [3.63, 3.8) is 0 Å². The molecule has 11 heteroatoms. The van der Waals surface area contributed by atoms with Gasteiger partial charge in [0, 0.05) is 11.8 Å². The highest BCUT2D eigenvalue weighted by Crippen LogP contribution is 2.30. The molecule has 0 aliphatic rings. The van der Waals surface area contributed by atoms with Crippen LogP contribution >= 0.6 is 0 Å². The number of aromatic nitrogens is 5. The number of aryl methyl sites for hydroxylation is 1. The fourth-order valence-electron chi connectivity index (χ4n) is 2.90. The molecule has 0 saturated carbocycles. The molecule has 4 aromatic rings. The number of benzene rings is 1. The van der Waals surface area contributed by atoms with Gasteiger partial charge in [-0.05, 0) is 25.1 Å². The van der Waals surface area contributed by atoms with Crippen LogP contribution in [0.15, 0.2) is 48.7 Å². The van der Waals surface area contributed by atoms with Crippen LogP contribution in [-0.4, -0.2) is 30.3 Å². The van der Waals surface area contributed by atoms with E-state index in [1.165, 1.54) is 17.8 Å². The van der Waals surface area contributed by atoms with Gasteiger partial charge in [-0.2, -0.15) is 28.6 Å². The molecule has 0 unspecified atom stereocenters. The minimum absolute atomic E-state index is 0.0749. The van der Waals surface area contributed by atoms with Crippen molar-refractivity contribution in [3.05, 3.63) is 71.3 Å². The molecule has 3 aromatic heterocycles. The topological polar surface area (TPSA) is 101 Å². The van der Waals surface area contributed by atoms with Crippen LogP contribution in [0.5, 0.6) is 0 Å². The van der Waals surface area contributed by atoms with Crippen LogP contribution < -0.4 is 5.32 Å². The fraction of sp³-hybridized carbons (Fsp3) is 0.105. The van der Waals surface area contributed by atoms with Crippen LogP contribution in [-0.2, 0) is 6.18 Å². The van der Waals surface area contributed by atoms with Crippen molar-refractivity contribution in [2.45, 2.75) is 13.1 Å². The molecule has 30 heavy (non-hydrogen) atoms. The van der Waals surface area contributed by atoms with Gasteiger partial charge in [0.25, 0.3) is 5.91 Å². The third-order valence-corrected chi connectivity index (χ3v) is 4.20. The molecule has 0 radical (unpaired) electrons. The number of alkyl halides is 3. The van der Waals surface area contributed by atoms with Crippen LogP contribution in [0.1, 0.15) is 27.4 Å². The minimum atomic E-state index is -4.67. The lowest BCUT2D eigenvalue weighted by atomic mass is 10.3. The average molecular weight is 411 g/mol. The summed E-state index contributed by atoms with van der Waals surface area (Å²) < 4.78 is 41.9. The van der Waals surface area contributed by atoms with E-state index in [4.69, 9.17) is 0 Å². The number of nitriles is 1. The Labute approximate surface area is 167 Å². The highest BCUT2D eigenvalue weighted by molar-refractivity contribution is 6.03. The number of nitrogens with zero attached hydrogens (tertiary/aromatic N) is 6. The Balaban J connectivity index is 1.75. The average Bonchev–Trinajstić information content (AvgIpc) is 3.31. The fourth-order valence-corrected chi connectivity index (χ4v) is 2.90. The number of amides is 1. The number of nitrogens with one attached hydrogen (secondary N) is 1. The first kappa shape index (κ1) is 19.1. The Morgan fingerprint density at radius 3 is 2.60 bits per heavy atom. The molecule has 0 aliphatic carbocycles. The Morgan fingerprint density at radius 1 is 1.20 bits per heavy atom. The van der Waals surface area contributed by atoms with Crippen LogP contribution in [0.3, 0.4) is 0 Å². The molecule has 0 fully saturated rings. The van der Waals surface area contributed by atoms with Gasteiger partial charge in [-0.3, -0.25) is 4.79 Å². The molecule has 3 heterocycles. The summed E-state index contributed by atoms with van der Waals surface area (Å²) in [7, 11) is 0. The summed E-state index contributed by atoms with van der Waals surface area (Å²) in [5.74, 6) is -0.730. The molecule has 0 bridgehead atoms. The van der Waals surface area contributed by atoms with Gasteiger partial charge < -0.3 is 5.32 Å². The summed E-state index contributed by atoms with van der Waals surface area (Å²) in [6.07, 6.45) is -3.40. The van der Waals surface area contributed by atoms with Crippen LogP contribution in [0.2, 0.25) is 0 Å². The van der Waals surface area contributed by atoms with Gasteiger partial charge in [0.15, 0.2) is 17.2 Å². The first-order valence-corrected chi connectivity index (χ1v) is 8.57. The number of para-hydroxylation sites is 1. The quantitative estimate of drug-likeness (QED) is 0.557. The van der Waals surface area contributed by atoms with Crippen molar-refractivity contribution in [2.24, 2.45) is 0 Å². The molecule has 1 aromatic carbocycles. The second-order valence-electron chi connectivity index (χ2n) is 6.30. The summed E-state index contributed by atoms with van der Waals surface area (Å²) >= 11 is 0. The van der Waals surface area contributed by atoms with E-state index < -0.39 is 17.8 Å². The molecule has 0 saturated heterocycles. The smallest absolute Gasteiger partial charge is 0.304 e.